The van der Waals surface area contributed by atoms with Crippen molar-refractivity contribution in [2.45, 2.75) is 167 Å². The zero-order chi connectivity index (χ0) is 39.9. The molecule has 4 aliphatic heterocycles. The van der Waals surface area contributed by atoms with Crippen molar-refractivity contribution < 1.29 is 73.6 Å². The molecule has 4 heterocycles. The lowest BCUT2D eigenvalue weighted by molar-refractivity contribution is -0.357. The monoisotopic (exact) mass is 774 g/mol. The Morgan fingerprint density at radius 3 is 1.81 bits per heavy atom. The molecule has 0 aromatic heterocycles. The Balaban J connectivity index is 0.000000244. The summed E-state index contributed by atoms with van der Waals surface area (Å²) < 4.78 is 46.1. The van der Waals surface area contributed by atoms with Crippen molar-refractivity contribution in [3.05, 3.63) is 35.9 Å². The molecular formula is C39H66O15. The molecule has 0 saturated carbocycles. The maximum Gasteiger partial charge on any atom is 0.187 e. The predicted octanol–water partition coefficient (Wildman–Crippen LogP) is 1.09. The van der Waals surface area contributed by atoms with E-state index in [4.69, 9.17) is 37.9 Å². The topological polar surface area (TPSA) is 215 Å². The van der Waals surface area contributed by atoms with Crippen LogP contribution in [0.4, 0.5) is 0 Å². The molecule has 20 atom stereocenters. The van der Waals surface area contributed by atoms with E-state index in [1.165, 1.54) is 0 Å². The van der Waals surface area contributed by atoms with E-state index in [9.17, 15) is 35.7 Å². The summed E-state index contributed by atoms with van der Waals surface area (Å²) in [5.74, 6) is 1.14. The third-order valence-corrected chi connectivity index (χ3v) is 11.6. The first-order valence-electron chi connectivity index (χ1n) is 19.5. The summed E-state index contributed by atoms with van der Waals surface area (Å²) in [6, 6.07) is 10.2. The maximum atomic E-state index is 10.7. The molecular weight excluding hydrogens is 708 g/mol. The number of ether oxygens (including phenoxy) is 8. The van der Waals surface area contributed by atoms with Crippen molar-refractivity contribution in [1.29, 1.82) is 0 Å². The molecule has 1 aromatic carbocycles. The van der Waals surface area contributed by atoms with Gasteiger partial charge in [0.15, 0.2) is 18.9 Å². The highest BCUT2D eigenvalue weighted by atomic mass is 16.7. The van der Waals surface area contributed by atoms with Crippen molar-refractivity contribution >= 4 is 0 Å². The van der Waals surface area contributed by atoms with Crippen LogP contribution in [0.15, 0.2) is 30.3 Å². The molecule has 4 aliphatic rings. The maximum absolute atomic E-state index is 10.7. The van der Waals surface area contributed by atoms with Gasteiger partial charge < -0.3 is 73.6 Å². The molecule has 0 aliphatic carbocycles. The quantitative estimate of drug-likeness (QED) is 0.158. The molecule has 0 amide bonds. The van der Waals surface area contributed by atoms with E-state index in [0.29, 0.717) is 38.1 Å². The molecule has 0 bridgehead atoms. The Bertz CT molecular complexity index is 1200. The number of rotatable bonds is 12. The van der Waals surface area contributed by atoms with Gasteiger partial charge in [0.2, 0.25) is 0 Å². The van der Waals surface area contributed by atoms with Gasteiger partial charge in [-0.15, -0.1) is 0 Å². The molecule has 1 aromatic rings. The summed E-state index contributed by atoms with van der Waals surface area (Å²) in [5.41, 5.74) is 1.16. The van der Waals surface area contributed by atoms with Crippen LogP contribution in [-0.2, 0) is 44.5 Å². The first-order valence-corrected chi connectivity index (χ1v) is 19.5. The SMILES string of the molecule is CC1C(C)[C@H](C)[C@H](COCc2ccccc2)O[C@@H]1O[C@@H]1C(O)[C@H](C)OC(C)[C@@H]1C.CCCO[C@@H]1OC(C)[C@H](O)[C@H](O[C@H]2O[C@@H](CO)[C@@H](O)C(O)C2O)C1O. The number of hydrogen-bond donors (Lipinski definition) is 7. The standard InChI is InChI=1S/C24H38O5.C15H28O10/c1-14-15(2)21(13-26-12-20-10-8-7-9-11-20)28-24(16(14)3)29-23-17(4)18(5)27-19(6)22(23)25;1-3-4-22-14-12(21)13(8(17)6(2)23-14)25-15-11(20)10(19)9(18)7(5-16)24-15/h7-11,14-19,21-25H,12-13H2,1-6H3;6-21H,3-5H2,1-2H3/t14?,15-,16?,17-,18?,19-,21-,22?,23-,24+;6?,7-,8-,9+,10?,11?,12?,13-,14+,15+/m00/s1. The lowest BCUT2D eigenvalue weighted by Crippen LogP contribution is -2.64. The van der Waals surface area contributed by atoms with Crippen LogP contribution in [0.1, 0.15) is 67.4 Å². The average Bonchev–Trinajstić information content (AvgIpc) is 3.16. The predicted molar refractivity (Wildman–Crippen MR) is 194 cm³/mol. The van der Waals surface area contributed by atoms with Crippen LogP contribution < -0.4 is 0 Å². The Kier molecular flexibility index (Phi) is 17.5. The number of aliphatic hydroxyl groups excluding tert-OH is 7. The van der Waals surface area contributed by atoms with Gasteiger partial charge in [0.05, 0.1) is 50.3 Å². The number of benzene rings is 1. The van der Waals surface area contributed by atoms with Gasteiger partial charge >= 0.3 is 0 Å². The molecule has 15 heteroatoms. The molecule has 4 fully saturated rings. The van der Waals surface area contributed by atoms with E-state index in [2.05, 4.69) is 39.8 Å². The van der Waals surface area contributed by atoms with Crippen molar-refractivity contribution in [2.75, 3.05) is 19.8 Å². The Labute approximate surface area is 319 Å². The van der Waals surface area contributed by atoms with Gasteiger partial charge in [-0.25, -0.2) is 0 Å². The summed E-state index contributed by atoms with van der Waals surface area (Å²) in [7, 11) is 0. The lowest BCUT2D eigenvalue weighted by Gasteiger charge is -2.48. The minimum Gasteiger partial charge on any atom is -0.394 e. The van der Waals surface area contributed by atoms with Gasteiger partial charge in [0.25, 0.3) is 0 Å². The minimum atomic E-state index is -1.63. The Morgan fingerprint density at radius 1 is 0.556 bits per heavy atom. The Hall–Kier alpha value is -1.38. The smallest absolute Gasteiger partial charge is 0.187 e. The highest BCUT2D eigenvalue weighted by molar-refractivity contribution is 5.13. The molecule has 7 N–H and O–H groups in total. The second-order valence-corrected chi connectivity index (χ2v) is 15.5. The third kappa shape index (κ3) is 11.0. The van der Waals surface area contributed by atoms with Gasteiger partial charge in [-0.05, 0) is 44.6 Å². The first-order chi connectivity index (χ1) is 25.6. The molecule has 0 radical (unpaired) electrons. The summed E-state index contributed by atoms with van der Waals surface area (Å²) in [5, 5.41) is 70.1. The second-order valence-electron chi connectivity index (χ2n) is 15.5. The van der Waals surface area contributed by atoms with Crippen LogP contribution in [-0.4, -0.2) is 154 Å². The highest BCUT2D eigenvalue weighted by Gasteiger charge is 2.50. The Morgan fingerprint density at radius 2 is 1.17 bits per heavy atom. The van der Waals surface area contributed by atoms with Gasteiger partial charge in [-0.1, -0.05) is 65.0 Å². The van der Waals surface area contributed by atoms with Gasteiger partial charge in [0, 0.05) is 18.4 Å². The van der Waals surface area contributed by atoms with E-state index < -0.39 is 74.1 Å². The zero-order valence-electron chi connectivity index (χ0n) is 32.9. The van der Waals surface area contributed by atoms with Gasteiger partial charge in [-0.3, -0.25) is 0 Å². The summed E-state index contributed by atoms with van der Waals surface area (Å²) in [6.07, 6.45) is -13.8. The van der Waals surface area contributed by atoms with E-state index in [1.807, 2.05) is 39.0 Å². The number of aliphatic hydroxyl groups is 7. The van der Waals surface area contributed by atoms with E-state index >= 15 is 0 Å². The fraction of sp³-hybridized carbons (Fsp3) is 0.846. The molecule has 0 spiro atoms. The van der Waals surface area contributed by atoms with E-state index in [0.717, 1.165) is 5.56 Å². The largest absolute Gasteiger partial charge is 0.394 e. The van der Waals surface area contributed by atoms with Crippen LogP contribution in [0.25, 0.3) is 0 Å². The van der Waals surface area contributed by atoms with Crippen LogP contribution >= 0.6 is 0 Å². The fourth-order valence-corrected chi connectivity index (χ4v) is 7.31. The van der Waals surface area contributed by atoms with Crippen LogP contribution in [0.2, 0.25) is 0 Å². The molecule has 312 valence electrons. The van der Waals surface area contributed by atoms with Gasteiger partial charge in [0.1, 0.15) is 48.8 Å². The van der Waals surface area contributed by atoms with Crippen molar-refractivity contribution in [3.63, 3.8) is 0 Å². The van der Waals surface area contributed by atoms with E-state index in [-0.39, 0.29) is 42.5 Å². The second kappa shape index (κ2) is 20.9. The summed E-state index contributed by atoms with van der Waals surface area (Å²) in [6.45, 7) is 17.0. The van der Waals surface area contributed by atoms with E-state index in [1.54, 1.807) is 6.92 Å². The normalized spacial score (nSPS) is 45.7. The van der Waals surface area contributed by atoms with Crippen molar-refractivity contribution in [2.24, 2.45) is 23.7 Å². The molecule has 4 saturated heterocycles. The van der Waals surface area contributed by atoms with Crippen molar-refractivity contribution in [1.82, 2.24) is 0 Å². The zero-order valence-corrected chi connectivity index (χ0v) is 32.9. The first kappa shape index (κ1) is 45.3. The number of hydrogen-bond acceptors (Lipinski definition) is 15. The van der Waals surface area contributed by atoms with Crippen LogP contribution in [0, 0.1) is 23.7 Å². The molecule has 54 heavy (non-hydrogen) atoms. The highest BCUT2D eigenvalue weighted by Crippen LogP contribution is 2.39. The molecule has 5 rings (SSSR count). The lowest BCUT2D eigenvalue weighted by atomic mass is 9.79. The summed E-state index contributed by atoms with van der Waals surface area (Å²) in [4.78, 5) is 0. The van der Waals surface area contributed by atoms with Crippen molar-refractivity contribution in [3.8, 4) is 0 Å². The van der Waals surface area contributed by atoms with Crippen LogP contribution in [0.5, 0.6) is 0 Å². The fourth-order valence-electron chi connectivity index (χ4n) is 7.31. The minimum absolute atomic E-state index is 0.0305. The average molecular weight is 775 g/mol. The molecule has 8 unspecified atom stereocenters. The van der Waals surface area contributed by atoms with Gasteiger partial charge in [-0.2, -0.15) is 0 Å². The third-order valence-electron chi connectivity index (χ3n) is 11.6. The summed E-state index contributed by atoms with van der Waals surface area (Å²) >= 11 is 0. The molecule has 15 nitrogen and oxygen atoms in total. The van der Waals surface area contributed by atoms with Crippen LogP contribution in [0.3, 0.4) is 0 Å².